The highest BCUT2D eigenvalue weighted by Gasteiger charge is 2.05. The maximum Gasteiger partial charge on any atom is 0.186 e. The Morgan fingerprint density at radius 1 is 1.27 bits per heavy atom. The zero-order chi connectivity index (χ0) is 15.9. The van der Waals surface area contributed by atoms with Crippen LogP contribution in [0.1, 0.15) is 30.0 Å². The van der Waals surface area contributed by atoms with Gasteiger partial charge in [-0.25, -0.2) is 0 Å². The van der Waals surface area contributed by atoms with Crippen LogP contribution >= 0.6 is 12.2 Å². The summed E-state index contributed by atoms with van der Waals surface area (Å²) < 4.78 is 5.67. The van der Waals surface area contributed by atoms with Crippen LogP contribution < -0.4 is 10.7 Å². The molecule has 22 heavy (non-hydrogen) atoms. The minimum atomic E-state index is 0.0431. The van der Waals surface area contributed by atoms with Crippen molar-refractivity contribution in [1.29, 1.82) is 0 Å². The maximum atomic E-state index is 11.3. The Balaban J connectivity index is 2.03. The predicted octanol–water partition coefficient (Wildman–Crippen LogP) is 2.97. The van der Waals surface area contributed by atoms with E-state index in [4.69, 9.17) is 16.6 Å². The van der Waals surface area contributed by atoms with Crippen LogP contribution in [-0.2, 0) is 0 Å². The van der Waals surface area contributed by atoms with E-state index in [0.29, 0.717) is 22.2 Å². The van der Waals surface area contributed by atoms with Crippen molar-refractivity contribution < 1.29 is 9.21 Å². The van der Waals surface area contributed by atoms with E-state index in [1.165, 1.54) is 0 Å². The standard InChI is InChI=1S/C16H17N3O2S/c1-3-17-16(22)19-18-10-14-8-9-15(21-14)13-6-4-12(5-7-13)11(2)20/h4-10H,3H2,1-2H3,(H2,17,19,22)/b18-10-. The van der Waals surface area contributed by atoms with Gasteiger partial charge in [-0.2, -0.15) is 5.10 Å². The first-order valence-electron chi connectivity index (χ1n) is 6.88. The molecule has 114 valence electrons. The molecule has 0 aliphatic heterocycles. The zero-order valence-corrected chi connectivity index (χ0v) is 13.2. The Hall–Kier alpha value is -2.47. The molecule has 0 amide bonds. The Bertz CT molecular complexity index is 690. The topological polar surface area (TPSA) is 66.6 Å². The van der Waals surface area contributed by atoms with Crippen LogP contribution in [-0.4, -0.2) is 23.7 Å². The van der Waals surface area contributed by atoms with E-state index in [1.54, 1.807) is 25.3 Å². The second kappa shape index (κ2) is 7.51. The Morgan fingerprint density at radius 2 is 2.00 bits per heavy atom. The fourth-order valence-electron chi connectivity index (χ4n) is 1.80. The number of furan rings is 1. The third-order valence-corrected chi connectivity index (χ3v) is 3.13. The second-order valence-electron chi connectivity index (χ2n) is 4.57. The lowest BCUT2D eigenvalue weighted by Crippen LogP contribution is -2.31. The number of benzene rings is 1. The van der Waals surface area contributed by atoms with Crippen LogP contribution in [0, 0.1) is 0 Å². The first kappa shape index (κ1) is 15.9. The molecule has 6 heteroatoms. The number of Topliss-reactive ketones (excluding diaryl/α,β-unsaturated/α-hetero) is 1. The molecular weight excluding hydrogens is 298 g/mol. The smallest absolute Gasteiger partial charge is 0.186 e. The number of nitrogens with zero attached hydrogens (tertiary/aromatic N) is 1. The van der Waals surface area contributed by atoms with Crippen molar-refractivity contribution in [2.24, 2.45) is 5.10 Å². The summed E-state index contributed by atoms with van der Waals surface area (Å²) in [6, 6.07) is 10.9. The SMILES string of the molecule is CCNC(=S)N/N=C\c1ccc(-c2ccc(C(C)=O)cc2)o1. The lowest BCUT2D eigenvalue weighted by molar-refractivity contribution is 0.101. The largest absolute Gasteiger partial charge is 0.455 e. The molecule has 0 atom stereocenters. The average molecular weight is 315 g/mol. The number of hydrazone groups is 1. The Kier molecular flexibility index (Phi) is 5.43. The molecule has 0 unspecified atom stereocenters. The van der Waals surface area contributed by atoms with E-state index < -0.39 is 0 Å². The second-order valence-corrected chi connectivity index (χ2v) is 4.97. The lowest BCUT2D eigenvalue weighted by atomic mass is 10.1. The number of thiocarbonyl (C=S) groups is 1. The molecule has 0 aliphatic rings. The molecule has 1 aromatic heterocycles. The normalized spacial score (nSPS) is 10.6. The van der Waals surface area contributed by atoms with Gasteiger partial charge in [0.2, 0.25) is 0 Å². The molecule has 0 saturated carbocycles. The fourth-order valence-corrected chi connectivity index (χ4v) is 2.00. The molecule has 0 radical (unpaired) electrons. The summed E-state index contributed by atoms with van der Waals surface area (Å²) in [5, 5.41) is 7.38. The molecule has 1 aromatic carbocycles. The molecule has 0 bridgehead atoms. The summed E-state index contributed by atoms with van der Waals surface area (Å²) in [5.74, 6) is 1.37. The van der Waals surface area contributed by atoms with E-state index in [1.807, 2.05) is 31.2 Å². The van der Waals surface area contributed by atoms with Crippen molar-refractivity contribution >= 4 is 29.3 Å². The van der Waals surface area contributed by atoms with Gasteiger partial charge in [0.15, 0.2) is 10.9 Å². The van der Waals surface area contributed by atoms with E-state index in [-0.39, 0.29) is 5.78 Å². The summed E-state index contributed by atoms with van der Waals surface area (Å²) >= 11 is 4.99. The predicted molar refractivity (Wildman–Crippen MR) is 91.2 cm³/mol. The lowest BCUT2D eigenvalue weighted by Gasteiger charge is -2.01. The highest BCUT2D eigenvalue weighted by atomic mass is 32.1. The number of ketones is 1. The molecule has 1 heterocycles. The van der Waals surface area contributed by atoms with Gasteiger partial charge in [0.1, 0.15) is 11.5 Å². The summed E-state index contributed by atoms with van der Waals surface area (Å²) in [5.41, 5.74) is 4.28. The molecule has 5 nitrogen and oxygen atoms in total. The van der Waals surface area contributed by atoms with Crippen LogP contribution in [0.25, 0.3) is 11.3 Å². The van der Waals surface area contributed by atoms with Crippen molar-refractivity contribution in [2.45, 2.75) is 13.8 Å². The fraction of sp³-hybridized carbons (Fsp3) is 0.188. The van der Waals surface area contributed by atoms with Gasteiger partial charge in [0, 0.05) is 17.7 Å². The Morgan fingerprint density at radius 3 is 2.64 bits per heavy atom. The molecule has 0 saturated heterocycles. The maximum absolute atomic E-state index is 11.3. The van der Waals surface area contributed by atoms with Crippen LogP contribution in [0.3, 0.4) is 0 Å². The number of rotatable bonds is 5. The number of hydrogen-bond acceptors (Lipinski definition) is 4. The van der Waals surface area contributed by atoms with Crippen molar-refractivity contribution in [1.82, 2.24) is 10.7 Å². The minimum Gasteiger partial charge on any atom is -0.455 e. The van der Waals surface area contributed by atoms with Crippen LogP contribution in [0.15, 0.2) is 45.9 Å². The summed E-state index contributed by atoms with van der Waals surface area (Å²) in [7, 11) is 0. The molecule has 0 spiro atoms. The summed E-state index contributed by atoms with van der Waals surface area (Å²) in [6.45, 7) is 4.23. The van der Waals surface area contributed by atoms with Crippen molar-refractivity contribution in [3.8, 4) is 11.3 Å². The van der Waals surface area contributed by atoms with E-state index in [9.17, 15) is 4.79 Å². The molecule has 0 fully saturated rings. The first-order chi connectivity index (χ1) is 10.6. The summed E-state index contributed by atoms with van der Waals surface area (Å²) in [4.78, 5) is 11.3. The van der Waals surface area contributed by atoms with Crippen LogP contribution in [0.2, 0.25) is 0 Å². The number of nitrogens with one attached hydrogen (secondary N) is 2. The van der Waals surface area contributed by atoms with Crippen molar-refractivity contribution in [3.63, 3.8) is 0 Å². The zero-order valence-electron chi connectivity index (χ0n) is 12.4. The number of hydrogen-bond donors (Lipinski definition) is 2. The van der Waals surface area contributed by atoms with Gasteiger partial charge in [-0.1, -0.05) is 24.3 Å². The van der Waals surface area contributed by atoms with Crippen molar-refractivity contribution in [3.05, 3.63) is 47.7 Å². The Labute approximate surface area is 134 Å². The molecular formula is C16H17N3O2S. The van der Waals surface area contributed by atoms with Crippen LogP contribution in [0.5, 0.6) is 0 Å². The third-order valence-electron chi connectivity index (χ3n) is 2.90. The van der Waals surface area contributed by atoms with Gasteiger partial charge in [-0.15, -0.1) is 0 Å². The highest BCUT2D eigenvalue weighted by Crippen LogP contribution is 2.22. The van der Waals surface area contributed by atoms with Gasteiger partial charge < -0.3 is 9.73 Å². The third kappa shape index (κ3) is 4.26. The molecule has 2 N–H and O–H groups in total. The van der Waals surface area contributed by atoms with Gasteiger partial charge in [0.25, 0.3) is 0 Å². The van der Waals surface area contributed by atoms with E-state index >= 15 is 0 Å². The first-order valence-corrected chi connectivity index (χ1v) is 7.29. The molecule has 2 aromatic rings. The van der Waals surface area contributed by atoms with Gasteiger partial charge in [-0.3, -0.25) is 10.2 Å². The quantitative estimate of drug-likeness (QED) is 0.384. The number of carbonyl (C=O) groups is 1. The summed E-state index contributed by atoms with van der Waals surface area (Å²) in [6.07, 6.45) is 1.55. The monoisotopic (exact) mass is 315 g/mol. The molecule has 2 rings (SSSR count). The van der Waals surface area contributed by atoms with Gasteiger partial charge >= 0.3 is 0 Å². The van der Waals surface area contributed by atoms with Gasteiger partial charge in [0.05, 0.1) is 6.21 Å². The van der Waals surface area contributed by atoms with Crippen molar-refractivity contribution in [2.75, 3.05) is 6.54 Å². The number of carbonyl (C=O) groups excluding carboxylic acids is 1. The van der Waals surface area contributed by atoms with E-state index in [0.717, 1.165) is 12.1 Å². The average Bonchev–Trinajstić information content (AvgIpc) is 2.96. The van der Waals surface area contributed by atoms with E-state index in [2.05, 4.69) is 15.8 Å². The molecule has 0 aliphatic carbocycles. The van der Waals surface area contributed by atoms with Crippen LogP contribution in [0.4, 0.5) is 0 Å². The van der Waals surface area contributed by atoms with Gasteiger partial charge in [-0.05, 0) is 38.2 Å². The minimum absolute atomic E-state index is 0.0431. The highest BCUT2D eigenvalue weighted by molar-refractivity contribution is 7.80.